The Labute approximate surface area is 141 Å². The minimum atomic E-state index is -0.401. The summed E-state index contributed by atoms with van der Waals surface area (Å²) in [5.41, 5.74) is 2.59. The largest absolute Gasteiger partial charge is 0.465 e. The number of ether oxygens (including phenoxy) is 1. The predicted molar refractivity (Wildman–Crippen MR) is 94.8 cm³/mol. The highest BCUT2D eigenvalue weighted by atomic mass is 16.5. The fourth-order valence-electron chi connectivity index (χ4n) is 2.10. The van der Waals surface area contributed by atoms with Crippen LogP contribution in [-0.4, -0.2) is 25.2 Å². The molecule has 0 fully saturated rings. The van der Waals surface area contributed by atoms with Crippen LogP contribution in [0.5, 0.6) is 0 Å². The number of anilines is 3. The molecule has 2 aromatic carbocycles. The first-order valence-corrected chi connectivity index (χ1v) is 7.61. The van der Waals surface area contributed by atoms with Crippen molar-refractivity contribution in [2.45, 2.75) is 19.9 Å². The van der Waals surface area contributed by atoms with Gasteiger partial charge in [-0.15, -0.1) is 0 Å². The van der Waals surface area contributed by atoms with Crippen molar-refractivity contribution in [3.63, 3.8) is 0 Å². The van der Waals surface area contributed by atoms with Crippen molar-refractivity contribution in [2.75, 3.05) is 17.7 Å². The molecule has 126 valence electrons. The lowest BCUT2D eigenvalue weighted by atomic mass is 10.1. The molecule has 6 nitrogen and oxygen atoms in total. The van der Waals surface area contributed by atoms with Crippen LogP contribution in [0, 0.1) is 0 Å². The first kappa shape index (κ1) is 17.3. The lowest BCUT2D eigenvalue weighted by molar-refractivity contribution is 0.0602. The number of carbonyl (C=O) groups is 2. The molecule has 0 aromatic heterocycles. The van der Waals surface area contributed by atoms with Crippen molar-refractivity contribution in [3.05, 3.63) is 54.1 Å². The third kappa shape index (κ3) is 4.74. The molecule has 0 bridgehead atoms. The topological polar surface area (TPSA) is 79.5 Å². The Morgan fingerprint density at radius 1 is 0.958 bits per heavy atom. The van der Waals surface area contributed by atoms with Gasteiger partial charge in [-0.2, -0.15) is 0 Å². The van der Waals surface area contributed by atoms with Gasteiger partial charge < -0.3 is 20.7 Å². The van der Waals surface area contributed by atoms with Gasteiger partial charge in [-0.1, -0.05) is 12.1 Å². The summed E-state index contributed by atoms with van der Waals surface area (Å²) in [6.45, 7) is 3.79. The van der Waals surface area contributed by atoms with Crippen LogP contribution in [0.1, 0.15) is 24.2 Å². The number of rotatable bonds is 5. The highest BCUT2D eigenvalue weighted by Crippen LogP contribution is 2.22. The van der Waals surface area contributed by atoms with Gasteiger partial charge >= 0.3 is 12.0 Å². The van der Waals surface area contributed by atoms with E-state index in [-0.39, 0.29) is 12.1 Å². The first-order valence-electron chi connectivity index (χ1n) is 7.61. The summed E-state index contributed by atoms with van der Waals surface area (Å²) in [6.07, 6.45) is 0. The zero-order valence-electron chi connectivity index (χ0n) is 13.9. The van der Waals surface area contributed by atoms with E-state index in [0.717, 1.165) is 5.69 Å². The second kappa shape index (κ2) is 8.01. The third-order valence-corrected chi connectivity index (χ3v) is 3.17. The molecule has 0 spiro atoms. The van der Waals surface area contributed by atoms with Crippen molar-refractivity contribution in [1.29, 1.82) is 0 Å². The monoisotopic (exact) mass is 327 g/mol. The van der Waals surface area contributed by atoms with Crippen LogP contribution in [0.25, 0.3) is 0 Å². The number of benzene rings is 2. The van der Waals surface area contributed by atoms with E-state index < -0.39 is 5.97 Å². The van der Waals surface area contributed by atoms with Gasteiger partial charge in [0.25, 0.3) is 0 Å². The van der Waals surface area contributed by atoms with E-state index in [4.69, 9.17) is 4.74 Å². The number of carbonyl (C=O) groups excluding carboxylic acids is 2. The van der Waals surface area contributed by atoms with Gasteiger partial charge in [-0.3, -0.25) is 0 Å². The van der Waals surface area contributed by atoms with E-state index in [0.29, 0.717) is 16.9 Å². The molecule has 0 saturated heterocycles. The molecular weight excluding hydrogens is 306 g/mol. The first-order chi connectivity index (χ1) is 11.5. The number of hydrogen-bond acceptors (Lipinski definition) is 4. The molecule has 6 heteroatoms. The SMILES string of the molecule is COC(=O)c1ccccc1Nc1ccc(NC(=O)NC(C)C)cc1. The average molecular weight is 327 g/mol. The zero-order valence-corrected chi connectivity index (χ0v) is 13.9. The summed E-state index contributed by atoms with van der Waals surface area (Å²) in [7, 11) is 1.35. The fourth-order valence-corrected chi connectivity index (χ4v) is 2.10. The molecule has 2 rings (SSSR count). The number of hydrogen-bond donors (Lipinski definition) is 3. The minimum Gasteiger partial charge on any atom is -0.465 e. The number of esters is 1. The smallest absolute Gasteiger partial charge is 0.339 e. The summed E-state index contributed by atoms with van der Waals surface area (Å²) in [5.74, 6) is -0.401. The van der Waals surface area contributed by atoms with Gasteiger partial charge in [0.05, 0.1) is 18.4 Å². The standard InChI is InChI=1S/C18H21N3O3/c1-12(2)19-18(23)21-14-10-8-13(9-11-14)20-16-7-5-4-6-15(16)17(22)24-3/h4-12,20H,1-3H3,(H2,19,21,23). The van der Waals surface area contributed by atoms with Gasteiger partial charge in [-0.25, -0.2) is 9.59 Å². The Kier molecular flexibility index (Phi) is 5.78. The summed E-state index contributed by atoms with van der Waals surface area (Å²) in [6, 6.07) is 14.1. The van der Waals surface area contributed by atoms with Crippen molar-refractivity contribution in [3.8, 4) is 0 Å². The Morgan fingerprint density at radius 3 is 2.21 bits per heavy atom. The highest BCUT2D eigenvalue weighted by Gasteiger charge is 2.11. The van der Waals surface area contributed by atoms with Crippen LogP contribution < -0.4 is 16.0 Å². The molecule has 0 aliphatic rings. The quantitative estimate of drug-likeness (QED) is 0.731. The van der Waals surface area contributed by atoms with Gasteiger partial charge in [0.15, 0.2) is 0 Å². The maximum Gasteiger partial charge on any atom is 0.339 e. The van der Waals surface area contributed by atoms with Crippen LogP contribution in [0.4, 0.5) is 21.9 Å². The van der Waals surface area contributed by atoms with E-state index >= 15 is 0 Å². The van der Waals surface area contributed by atoms with Gasteiger partial charge in [0, 0.05) is 17.4 Å². The average Bonchev–Trinajstić information content (AvgIpc) is 2.55. The van der Waals surface area contributed by atoms with Crippen LogP contribution >= 0.6 is 0 Å². The molecule has 0 saturated carbocycles. The Bertz CT molecular complexity index is 712. The molecule has 0 radical (unpaired) electrons. The highest BCUT2D eigenvalue weighted by molar-refractivity contribution is 5.96. The molecule has 0 aliphatic heterocycles. The second-order valence-corrected chi connectivity index (χ2v) is 5.49. The van der Waals surface area contributed by atoms with E-state index in [1.54, 1.807) is 30.3 Å². The van der Waals surface area contributed by atoms with Crippen molar-refractivity contribution >= 4 is 29.1 Å². The predicted octanol–water partition coefficient (Wildman–Crippen LogP) is 3.75. The van der Waals surface area contributed by atoms with Crippen molar-refractivity contribution in [2.24, 2.45) is 0 Å². The number of amides is 2. The van der Waals surface area contributed by atoms with E-state index in [1.807, 2.05) is 32.0 Å². The molecule has 0 aliphatic carbocycles. The molecule has 24 heavy (non-hydrogen) atoms. The van der Waals surface area contributed by atoms with E-state index in [2.05, 4.69) is 16.0 Å². The third-order valence-electron chi connectivity index (χ3n) is 3.17. The number of para-hydroxylation sites is 1. The molecule has 0 heterocycles. The fraction of sp³-hybridized carbons (Fsp3) is 0.222. The maximum absolute atomic E-state index is 11.8. The Balaban J connectivity index is 2.07. The van der Waals surface area contributed by atoms with Crippen LogP contribution in [0.3, 0.4) is 0 Å². The summed E-state index contributed by atoms with van der Waals surface area (Å²) in [4.78, 5) is 23.4. The zero-order chi connectivity index (χ0) is 17.5. The Hall–Kier alpha value is -3.02. The molecular formula is C18H21N3O3. The lowest BCUT2D eigenvalue weighted by Crippen LogP contribution is -2.34. The van der Waals surface area contributed by atoms with Gasteiger partial charge in [0.2, 0.25) is 0 Å². The number of methoxy groups -OCH3 is 1. The van der Waals surface area contributed by atoms with E-state index in [9.17, 15) is 9.59 Å². The number of nitrogens with one attached hydrogen (secondary N) is 3. The van der Waals surface area contributed by atoms with Gasteiger partial charge in [0.1, 0.15) is 0 Å². The molecule has 0 atom stereocenters. The summed E-state index contributed by atoms with van der Waals surface area (Å²) < 4.78 is 4.78. The molecule has 3 N–H and O–H groups in total. The second-order valence-electron chi connectivity index (χ2n) is 5.49. The Morgan fingerprint density at radius 2 is 1.58 bits per heavy atom. The normalized spacial score (nSPS) is 10.2. The van der Waals surface area contributed by atoms with Crippen molar-refractivity contribution < 1.29 is 14.3 Å². The van der Waals surface area contributed by atoms with Crippen LogP contribution in [0.15, 0.2) is 48.5 Å². The van der Waals surface area contributed by atoms with Crippen molar-refractivity contribution in [1.82, 2.24) is 5.32 Å². The summed E-state index contributed by atoms with van der Waals surface area (Å²) in [5, 5.41) is 8.68. The molecule has 0 unspecified atom stereocenters. The molecule has 2 aromatic rings. The van der Waals surface area contributed by atoms with Gasteiger partial charge in [-0.05, 0) is 50.2 Å². The number of urea groups is 1. The molecule has 2 amide bonds. The minimum absolute atomic E-state index is 0.0702. The maximum atomic E-state index is 11.8. The van der Waals surface area contributed by atoms with Crippen LogP contribution in [-0.2, 0) is 4.74 Å². The van der Waals surface area contributed by atoms with Crippen LogP contribution in [0.2, 0.25) is 0 Å². The lowest BCUT2D eigenvalue weighted by Gasteiger charge is -2.12. The summed E-state index contributed by atoms with van der Waals surface area (Å²) >= 11 is 0. The van der Waals surface area contributed by atoms with E-state index in [1.165, 1.54) is 7.11 Å².